The van der Waals surface area contributed by atoms with Gasteiger partial charge in [-0.25, -0.2) is 9.97 Å². The third-order valence-electron chi connectivity index (χ3n) is 5.40. The summed E-state index contributed by atoms with van der Waals surface area (Å²) in [4.78, 5) is 28.0. The molecule has 1 saturated heterocycles. The van der Waals surface area contributed by atoms with Crippen molar-refractivity contribution in [3.8, 4) is 11.3 Å². The van der Waals surface area contributed by atoms with Gasteiger partial charge in [0.15, 0.2) is 0 Å². The van der Waals surface area contributed by atoms with Crippen LogP contribution in [0.4, 0.5) is 5.82 Å². The second-order valence-corrected chi connectivity index (χ2v) is 7.14. The number of pyridine rings is 2. The molecule has 1 amide bonds. The van der Waals surface area contributed by atoms with Gasteiger partial charge in [0.25, 0.3) is 0 Å². The first-order valence-electron chi connectivity index (χ1n) is 9.32. The lowest BCUT2D eigenvalue weighted by atomic mass is 10.1. The van der Waals surface area contributed by atoms with Crippen LogP contribution in [0.15, 0.2) is 30.7 Å². The average molecular weight is 364 g/mol. The van der Waals surface area contributed by atoms with E-state index < -0.39 is 0 Å². The van der Waals surface area contributed by atoms with Gasteiger partial charge in [0, 0.05) is 24.2 Å². The van der Waals surface area contributed by atoms with Crippen molar-refractivity contribution in [2.45, 2.75) is 32.7 Å². The number of rotatable bonds is 4. The number of hydrogen-bond donors (Lipinski definition) is 1. The van der Waals surface area contributed by atoms with Gasteiger partial charge in [-0.3, -0.25) is 14.7 Å². The Morgan fingerprint density at radius 2 is 1.89 bits per heavy atom. The SMILES string of the molecule is Cc1ncc(-c2cnc3cnc(NC(=O)C(C)N4CCCC4)cc3c2)n1C. The maximum absolute atomic E-state index is 12.6. The molecule has 1 unspecified atom stereocenters. The van der Waals surface area contributed by atoms with Crippen LogP contribution in [0.25, 0.3) is 22.2 Å². The number of imidazole rings is 1. The molecule has 0 radical (unpaired) electrons. The second kappa shape index (κ2) is 7.08. The van der Waals surface area contributed by atoms with E-state index in [-0.39, 0.29) is 11.9 Å². The lowest BCUT2D eigenvalue weighted by Crippen LogP contribution is -2.40. The molecule has 3 aromatic heterocycles. The molecular weight excluding hydrogens is 340 g/mol. The third kappa shape index (κ3) is 3.42. The first-order chi connectivity index (χ1) is 13.0. The van der Waals surface area contributed by atoms with Crippen molar-refractivity contribution in [3.63, 3.8) is 0 Å². The lowest BCUT2D eigenvalue weighted by molar-refractivity contribution is -0.120. The van der Waals surface area contributed by atoms with Gasteiger partial charge in [0.2, 0.25) is 5.91 Å². The van der Waals surface area contributed by atoms with E-state index in [4.69, 9.17) is 0 Å². The van der Waals surface area contributed by atoms with Crippen LogP contribution in [0.5, 0.6) is 0 Å². The molecule has 3 aromatic rings. The van der Waals surface area contributed by atoms with Gasteiger partial charge in [0.1, 0.15) is 11.6 Å². The van der Waals surface area contributed by atoms with Crippen LogP contribution < -0.4 is 5.32 Å². The van der Waals surface area contributed by atoms with Crippen molar-refractivity contribution in [2.24, 2.45) is 7.05 Å². The molecule has 1 atom stereocenters. The van der Waals surface area contributed by atoms with Crippen LogP contribution in [-0.2, 0) is 11.8 Å². The van der Waals surface area contributed by atoms with Crippen LogP contribution >= 0.6 is 0 Å². The number of aromatic nitrogens is 4. The summed E-state index contributed by atoms with van der Waals surface area (Å²) in [7, 11) is 1.99. The highest BCUT2D eigenvalue weighted by Crippen LogP contribution is 2.24. The van der Waals surface area contributed by atoms with Crippen molar-refractivity contribution in [1.29, 1.82) is 0 Å². The number of nitrogens with one attached hydrogen (secondary N) is 1. The molecule has 0 bridgehead atoms. The van der Waals surface area contributed by atoms with Crippen LogP contribution in [0.1, 0.15) is 25.6 Å². The zero-order chi connectivity index (χ0) is 19.0. The maximum Gasteiger partial charge on any atom is 0.242 e. The number of anilines is 1. The second-order valence-electron chi connectivity index (χ2n) is 7.14. The molecule has 27 heavy (non-hydrogen) atoms. The molecule has 0 aromatic carbocycles. The van der Waals surface area contributed by atoms with Crippen LogP contribution in [0, 0.1) is 6.92 Å². The van der Waals surface area contributed by atoms with Gasteiger partial charge in [-0.2, -0.15) is 0 Å². The molecule has 7 heteroatoms. The smallest absolute Gasteiger partial charge is 0.242 e. The molecule has 0 aliphatic carbocycles. The summed E-state index contributed by atoms with van der Waals surface area (Å²) in [6.45, 7) is 5.89. The Balaban J connectivity index is 1.59. The number of aryl methyl sites for hydroxylation is 1. The molecule has 1 aliphatic rings. The van der Waals surface area contributed by atoms with Crippen molar-refractivity contribution in [2.75, 3.05) is 18.4 Å². The van der Waals surface area contributed by atoms with Crippen molar-refractivity contribution in [3.05, 3.63) is 36.5 Å². The Labute approximate surface area is 158 Å². The van der Waals surface area contributed by atoms with E-state index in [1.165, 1.54) is 0 Å². The first kappa shape index (κ1) is 17.6. The number of fused-ring (bicyclic) bond motifs is 1. The monoisotopic (exact) mass is 364 g/mol. The molecule has 4 heterocycles. The fraction of sp³-hybridized carbons (Fsp3) is 0.400. The predicted molar refractivity (Wildman–Crippen MR) is 105 cm³/mol. The van der Waals surface area contributed by atoms with Gasteiger partial charge in [-0.05, 0) is 51.9 Å². The van der Waals surface area contributed by atoms with E-state index in [0.717, 1.165) is 53.9 Å². The third-order valence-corrected chi connectivity index (χ3v) is 5.40. The molecule has 1 aliphatic heterocycles. The number of carbonyl (C=O) groups is 1. The average Bonchev–Trinajstić information content (AvgIpc) is 3.31. The Morgan fingerprint density at radius 1 is 1.11 bits per heavy atom. The number of hydrogen-bond acceptors (Lipinski definition) is 5. The quantitative estimate of drug-likeness (QED) is 0.770. The fourth-order valence-corrected chi connectivity index (χ4v) is 3.54. The van der Waals surface area contributed by atoms with Gasteiger partial charge >= 0.3 is 0 Å². The molecule has 0 saturated carbocycles. The number of likely N-dealkylation sites (tertiary alicyclic amines) is 1. The Morgan fingerprint density at radius 3 is 2.59 bits per heavy atom. The minimum atomic E-state index is -0.146. The van der Waals surface area contributed by atoms with Crippen LogP contribution in [-0.4, -0.2) is 49.5 Å². The lowest BCUT2D eigenvalue weighted by Gasteiger charge is -2.22. The largest absolute Gasteiger partial charge is 0.331 e. The van der Waals surface area contributed by atoms with Crippen molar-refractivity contribution >= 4 is 22.6 Å². The van der Waals surface area contributed by atoms with Gasteiger partial charge < -0.3 is 9.88 Å². The number of amides is 1. The van der Waals surface area contributed by atoms with E-state index in [0.29, 0.717) is 5.82 Å². The molecule has 1 fully saturated rings. The highest BCUT2D eigenvalue weighted by Gasteiger charge is 2.24. The van der Waals surface area contributed by atoms with E-state index in [2.05, 4.69) is 31.2 Å². The van der Waals surface area contributed by atoms with Crippen LogP contribution in [0.2, 0.25) is 0 Å². The Kier molecular flexibility index (Phi) is 4.61. The zero-order valence-corrected chi connectivity index (χ0v) is 15.9. The zero-order valence-electron chi connectivity index (χ0n) is 15.9. The van der Waals surface area contributed by atoms with Crippen molar-refractivity contribution < 1.29 is 4.79 Å². The Bertz CT molecular complexity index is 989. The van der Waals surface area contributed by atoms with Crippen LogP contribution in [0.3, 0.4) is 0 Å². The minimum absolute atomic E-state index is 0.0184. The molecular formula is C20H24N6O. The first-order valence-corrected chi connectivity index (χ1v) is 9.32. The van der Waals surface area contributed by atoms with Gasteiger partial charge in [-0.1, -0.05) is 0 Å². The number of carbonyl (C=O) groups excluding carboxylic acids is 1. The molecule has 4 rings (SSSR count). The summed E-state index contributed by atoms with van der Waals surface area (Å²) in [5, 5.41) is 3.88. The summed E-state index contributed by atoms with van der Waals surface area (Å²) in [5.74, 6) is 1.48. The summed E-state index contributed by atoms with van der Waals surface area (Å²) in [6, 6.07) is 3.79. The predicted octanol–water partition coefficient (Wildman–Crippen LogP) is 2.76. The maximum atomic E-state index is 12.6. The summed E-state index contributed by atoms with van der Waals surface area (Å²) in [5.41, 5.74) is 2.79. The van der Waals surface area contributed by atoms with Gasteiger partial charge in [-0.15, -0.1) is 0 Å². The molecule has 7 nitrogen and oxygen atoms in total. The molecule has 140 valence electrons. The standard InChI is InChI=1S/C20H24N6O/c1-13(26-6-4-5-7-26)20(27)24-19-9-15-8-16(10-22-17(15)11-23-19)18-12-21-14(2)25(18)3/h8-13H,4-7H2,1-3H3,(H,23,24,27). The fourth-order valence-electron chi connectivity index (χ4n) is 3.54. The highest BCUT2D eigenvalue weighted by molar-refractivity contribution is 5.95. The topological polar surface area (TPSA) is 75.9 Å². The Hall–Kier alpha value is -2.80. The highest BCUT2D eigenvalue weighted by atomic mass is 16.2. The van der Waals surface area contributed by atoms with E-state index >= 15 is 0 Å². The van der Waals surface area contributed by atoms with E-state index in [9.17, 15) is 4.79 Å². The summed E-state index contributed by atoms with van der Waals surface area (Å²) >= 11 is 0. The minimum Gasteiger partial charge on any atom is -0.331 e. The summed E-state index contributed by atoms with van der Waals surface area (Å²) in [6.07, 6.45) is 7.69. The summed E-state index contributed by atoms with van der Waals surface area (Å²) < 4.78 is 2.03. The van der Waals surface area contributed by atoms with Gasteiger partial charge in [0.05, 0.1) is 29.6 Å². The molecule has 1 N–H and O–H groups in total. The normalized spacial score (nSPS) is 16.0. The number of nitrogens with zero attached hydrogens (tertiary/aromatic N) is 5. The van der Waals surface area contributed by atoms with E-state index in [1.54, 1.807) is 6.20 Å². The molecule has 0 spiro atoms. The van der Waals surface area contributed by atoms with E-state index in [1.807, 2.05) is 43.9 Å². The van der Waals surface area contributed by atoms with Crippen molar-refractivity contribution in [1.82, 2.24) is 24.4 Å².